The van der Waals surface area contributed by atoms with Gasteiger partial charge in [0.1, 0.15) is 12.4 Å². The van der Waals surface area contributed by atoms with Crippen molar-refractivity contribution in [3.05, 3.63) is 36.2 Å². The van der Waals surface area contributed by atoms with Crippen molar-refractivity contribution in [1.82, 2.24) is 4.90 Å². The molecule has 0 aromatic heterocycles. The topological polar surface area (TPSA) is 89.7 Å². The van der Waals surface area contributed by atoms with Crippen LogP contribution >= 0.6 is 0 Å². The van der Waals surface area contributed by atoms with E-state index in [9.17, 15) is 17.6 Å². The summed E-state index contributed by atoms with van der Waals surface area (Å²) in [5.74, 6) is 0.0670. The number of nitrogens with zero attached hydrogens (tertiary/aromatic N) is 1. The van der Waals surface area contributed by atoms with Gasteiger partial charge in [-0.3, -0.25) is 4.79 Å². The van der Waals surface area contributed by atoms with E-state index in [1.54, 1.807) is 4.90 Å². The number of carbonyl (C=O) groups excluding carboxylic acids is 1. The number of benzene rings is 1. The maximum Gasteiger partial charge on any atom is 0.225 e. The predicted octanol–water partition coefficient (Wildman–Crippen LogP) is 2.79. The summed E-state index contributed by atoms with van der Waals surface area (Å²) in [7, 11) is -3.50. The Hall–Kier alpha value is -1.93. The van der Waals surface area contributed by atoms with Crippen LogP contribution in [-0.2, 0) is 14.6 Å². The monoisotopic (exact) mass is 414 g/mol. The fourth-order valence-corrected chi connectivity index (χ4v) is 4.29. The molecular formula is C20H31FN2O4S. The summed E-state index contributed by atoms with van der Waals surface area (Å²) in [5.41, 5.74) is 5.67. The molecule has 8 heteroatoms. The van der Waals surface area contributed by atoms with Gasteiger partial charge in [-0.1, -0.05) is 20.8 Å². The van der Waals surface area contributed by atoms with E-state index in [1.165, 1.54) is 24.3 Å². The average molecular weight is 415 g/mol. The van der Waals surface area contributed by atoms with Crippen LogP contribution in [0.3, 0.4) is 0 Å². The molecule has 0 aliphatic carbocycles. The van der Waals surface area contributed by atoms with E-state index in [4.69, 9.17) is 10.5 Å². The maximum atomic E-state index is 12.7. The number of amides is 1. The van der Waals surface area contributed by atoms with Crippen LogP contribution in [0.2, 0.25) is 0 Å². The van der Waals surface area contributed by atoms with Crippen molar-refractivity contribution >= 4 is 15.7 Å². The molecular weight excluding hydrogens is 383 g/mol. The van der Waals surface area contributed by atoms with Crippen molar-refractivity contribution in [3.63, 3.8) is 0 Å². The Kier molecular flexibility index (Phi) is 9.61. The summed E-state index contributed by atoms with van der Waals surface area (Å²) in [6.07, 6.45) is 0.407. The van der Waals surface area contributed by atoms with Crippen LogP contribution in [0.1, 0.15) is 27.7 Å². The highest BCUT2D eigenvalue weighted by molar-refractivity contribution is 7.91. The number of halogens is 1. The van der Waals surface area contributed by atoms with Crippen molar-refractivity contribution < 1.29 is 22.3 Å². The van der Waals surface area contributed by atoms with Crippen molar-refractivity contribution in [2.45, 2.75) is 32.6 Å². The molecule has 0 aliphatic heterocycles. The summed E-state index contributed by atoms with van der Waals surface area (Å²) >= 11 is 0. The quantitative estimate of drug-likeness (QED) is 0.601. The summed E-state index contributed by atoms with van der Waals surface area (Å²) in [6.45, 7) is 8.36. The molecule has 0 spiro atoms. The third kappa shape index (κ3) is 7.24. The number of sulfone groups is 1. The lowest BCUT2D eigenvalue weighted by atomic mass is 10.1. The van der Waals surface area contributed by atoms with E-state index in [2.05, 4.69) is 0 Å². The normalized spacial score (nSPS) is 13.5. The smallest absolute Gasteiger partial charge is 0.225 e. The molecule has 0 saturated carbocycles. The summed E-state index contributed by atoms with van der Waals surface area (Å²) in [5, 5.41) is 0. The molecule has 0 aliphatic rings. The van der Waals surface area contributed by atoms with E-state index in [1.807, 2.05) is 27.7 Å². The number of ether oxygens (including phenoxy) is 1. The minimum Gasteiger partial charge on any atom is -0.489 e. The van der Waals surface area contributed by atoms with Crippen molar-refractivity contribution in [2.24, 2.45) is 17.6 Å². The van der Waals surface area contributed by atoms with Gasteiger partial charge in [-0.25, -0.2) is 12.8 Å². The Morgan fingerprint density at radius 1 is 1.25 bits per heavy atom. The first-order valence-corrected chi connectivity index (χ1v) is 11.0. The van der Waals surface area contributed by atoms with Gasteiger partial charge in [-0.05, 0) is 37.1 Å². The second-order valence-electron chi connectivity index (χ2n) is 7.15. The van der Waals surface area contributed by atoms with Crippen molar-refractivity contribution in [2.75, 3.05) is 32.0 Å². The Bertz CT molecular complexity index is 761. The van der Waals surface area contributed by atoms with Crippen molar-refractivity contribution in [1.29, 1.82) is 0 Å². The molecule has 28 heavy (non-hydrogen) atoms. The third-order valence-electron chi connectivity index (χ3n) is 4.25. The molecule has 1 amide bonds. The van der Waals surface area contributed by atoms with Gasteiger partial charge < -0.3 is 15.4 Å². The van der Waals surface area contributed by atoms with Crippen LogP contribution in [0.4, 0.5) is 4.39 Å². The molecule has 1 atom stereocenters. The second kappa shape index (κ2) is 11.2. The molecule has 158 valence electrons. The largest absolute Gasteiger partial charge is 0.489 e. The summed E-state index contributed by atoms with van der Waals surface area (Å²) in [6, 6.07) is 6.00. The molecule has 1 rings (SSSR count). The van der Waals surface area contributed by atoms with E-state index in [-0.39, 0.29) is 41.5 Å². The molecule has 1 aromatic carbocycles. The molecule has 0 fully saturated rings. The average Bonchev–Trinajstić information content (AvgIpc) is 2.66. The highest BCUT2D eigenvalue weighted by Crippen LogP contribution is 2.20. The molecule has 0 heterocycles. The SMILES string of the molecule is CCN(CC(C)CS(=O)(=O)c1ccc(OC/C(=C/F)CN)cc1)C(=O)C(C)C. The number of rotatable bonds is 11. The zero-order valence-corrected chi connectivity index (χ0v) is 17.8. The van der Waals surface area contributed by atoms with Gasteiger partial charge in [0, 0.05) is 31.1 Å². The van der Waals surface area contributed by atoms with Crippen LogP contribution in [0.15, 0.2) is 41.1 Å². The highest BCUT2D eigenvalue weighted by Gasteiger charge is 2.23. The lowest BCUT2D eigenvalue weighted by molar-refractivity contribution is -0.134. The minimum atomic E-state index is -3.50. The lowest BCUT2D eigenvalue weighted by Gasteiger charge is -2.26. The van der Waals surface area contributed by atoms with Gasteiger partial charge in [0.2, 0.25) is 5.91 Å². The van der Waals surface area contributed by atoms with Crippen LogP contribution in [0.5, 0.6) is 5.75 Å². The fourth-order valence-electron chi connectivity index (χ4n) is 2.69. The summed E-state index contributed by atoms with van der Waals surface area (Å²) in [4.78, 5) is 14.0. The first kappa shape index (κ1) is 24.1. The predicted molar refractivity (Wildman–Crippen MR) is 108 cm³/mol. The first-order chi connectivity index (χ1) is 13.1. The van der Waals surface area contributed by atoms with Gasteiger partial charge in [-0.15, -0.1) is 0 Å². The number of hydrogen-bond acceptors (Lipinski definition) is 5. The van der Waals surface area contributed by atoms with Gasteiger partial charge in [0.15, 0.2) is 9.84 Å². The molecule has 0 bridgehead atoms. The second-order valence-corrected chi connectivity index (χ2v) is 9.18. The van der Waals surface area contributed by atoms with E-state index < -0.39 is 9.84 Å². The zero-order chi connectivity index (χ0) is 21.3. The highest BCUT2D eigenvalue weighted by atomic mass is 32.2. The van der Waals surface area contributed by atoms with Gasteiger partial charge in [0.25, 0.3) is 0 Å². The molecule has 1 aromatic rings. The number of hydrogen-bond donors (Lipinski definition) is 1. The lowest BCUT2D eigenvalue weighted by Crippen LogP contribution is -2.38. The number of nitrogens with two attached hydrogens (primary N) is 1. The van der Waals surface area contributed by atoms with Gasteiger partial charge in [0.05, 0.1) is 17.0 Å². The Morgan fingerprint density at radius 3 is 2.32 bits per heavy atom. The number of carbonyl (C=O) groups is 1. The minimum absolute atomic E-state index is 0.00681. The fraction of sp³-hybridized carbons (Fsp3) is 0.550. The van der Waals surface area contributed by atoms with Gasteiger partial charge in [-0.2, -0.15) is 0 Å². The molecule has 0 saturated heterocycles. The Morgan fingerprint density at radius 2 is 1.86 bits per heavy atom. The van der Waals surface area contributed by atoms with Crippen LogP contribution in [-0.4, -0.2) is 51.2 Å². The van der Waals surface area contributed by atoms with Gasteiger partial charge >= 0.3 is 0 Å². The van der Waals surface area contributed by atoms with Crippen LogP contribution in [0.25, 0.3) is 0 Å². The molecule has 2 N–H and O–H groups in total. The Labute approximate surface area is 167 Å². The Balaban J connectivity index is 2.74. The van der Waals surface area contributed by atoms with E-state index >= 15 is 0 Å². The van der Waals surface area contributed by atoms with Crippen LogP contribution < -0.4 is 10.5 Å². The third-order valence-corrected chi connectivity index (χ3v) is 6.25. The first-order valence-electron chi connectivity index (χ1n) is 9.37. The summed E-state index contributed by atoms with van der Waals surface area (Å²) < 4.78 is 43.2. The van der Waals surface area contributed by atoms with Crippen molar-refractivity contribution in [3.8, 4) is 5.75 Å². The van der Waals surface area contributed by atoms with Crippen LogP contribution in [0, 0.1) is 11.8 Å². The molecule has 6 nitrogen and oxygen atoms in total. The maximum absolute atomic E-state index is 12.7. The molecule has 0 radical (unpaired) electrons. The zero-order valence-electron chi connectivity index (χ0n) is 17.0. The van der Waals surface area contributed by atoms with E-state index in [0.29, 0.717) is 30.7 Å². The standard InChI is InChI=1S/C20H31FN2O4S/c1-5-23(20(24)15(2)3)12-16(4)14-28(25,26)19-8-6-18(7-9-19)27-13-17(10-21)11-22/h6-10,15-16H,5,11-14,22H2,1-4H3/b17-10+. The van der Waals surface area contributed by atoms with E-state index in [0.717, 1.165) is 0 Å². The molecule has 1 unspecified atom stereocenters.